The standard InChI is InChI=1S/C10H17N/c1-6-7-11-10(8(2)3)9(4)5/h6-8H,1H2,2-5H3/b11-7-. The SMILES string of the molecule is C=C/C=N\C(=C(C)C)C(C)C. The van der Waals surface area contributed by atoms with E-state index >= 15 is 0 Å². The molecule has 0 aliphatic rings. The first-order valence-corrected chi connectivity index (χ1v) is 3.92. The van der Waals surface area contributed by atoms with E-state index in [9.17, 15) is 0 Å². The van der Waals surface area contributed by atoms with Gasteiger partial charge in [-0.3, -0.25) is 4.99 Å². The molecule has 11 heavy (non-hydrogen) atoms. The summed E-state index contributed by atoms with van der Waals surface area (Å²) in [7, 11) is 0. The number of aliphatic imine (C=N–C) groups is 1. The molecule has 0 aromatic rings. The Kier molecular flexibility index (Phi) is 4.51. The summed E-state index contributed by atoms with van der Waals surface area (Å²) in [4.78, 5) is 4.28. The second-order valence-corrected chi connectivity index (χ2v) is 3.05. The molecule has 0 atom stereocenters. The number of hydrogen-bond donors (Lipinski definition) is 0. The molecule has 62 valence electrons. The molecular weight excluding hydrogens is 134 g/mol. The van der Waals surface area contributed by atoms with Crippen molar-refractivity contribution in [2.24, 2.45) is 10.9 Å². The number of rotatable bonds is 3. The first-order chi connectivity index (χ1) is 5.09. The Morgan fingerprint density at radius 2 is 1.91 bits per heavy atom. The highest BCUT2D eigenvalue weighted by Crippen LogP contribution is 2.14. The second-order valence-electron chi connectivity index (χ2n) is 3.05. The van der Waals surface area contributed by atoms with E-state index in [-0.39, 0.29) is 0 Å². The topological polar surface area (TPSA) is 12.4 Å². The van der Waals surface area contributed by atoms with Gasteiger partial charge in [0.2, 0.25) is 0 Å². The summed E-state index contributed by atoms with van der Waals surface area (Å²) in [5, 5.41) is 0. The maximum Gasteiger partial charge on any atom is 0.0415 e. The minimum Gasteiger partial charge on any atom is -0.261 e. The van der Waals surface area contributed by atoms with Crippen molar-refractivity contribution in [3.05, 3.63) is 23.9 Å². The summed E-state index contributed by atoms with van der Waals surface area (Å²) in [6.07, 6.45) is 3.44. The predicted octanol–water partition coefficient (Wildman–Crippen LogP) is 3.19. The Balaban J connectivity index is 4.50. The lowest BCUT2D eigenvalue weighted by molar-refractivity contribution is 0.746. The highest BCUT2D eigenvalue weighted by molar-refractivity contribution is 5.71. The third-order valence-corrected chi connectivity index (χ3v) is 1.38. The zero-order valence-electron chi connectivity index (χ0n) is 7.89. The van der Waals surface area contributed by atoms with Crippen LogP contribution in [0, 0.1) is 5.92 Å². The minimum absolute atomic E-state index is 0.496. The number of nitrogens with zero attached hydrogens (tertiary/aromatic N) is 1. The van der Waals surface area contributed by atoms with Crippen molar-refractivity contribution in [3.8, 4) is 0 Å². The van der Waals surface area contributed by atoms with Crippen LogP contribution >= 0.6 is 0 Å². The molecule has 0 aromatic heterocycles. The molecule has 0 aromatic carbocycles. The maximum absolute atomic E-state index is 4.28. The summed E-state index contributed by atoms with van der Waals surface area (Å²) >= 11 is 0. The van der Waals surface area contributed by atoms with Crippen molar-refractivity contribution in [2.75, 3.05) is 0 Å². The molecule has 1 nitrogen and oxygen atoms in total. The molecule has 0 N–H and O–H groups in total. The molecule has 0 aliphatic heterocycles. The zero-order valence-corrected chi connectivity index (χ0v) is 7.89. The molecule has 0 amide bonds. The van der Waals surface area contributed by atoms with Gasteiger partial charge in [-0.25, -0.2) is 0 Å². The first-order valence-electron chi connectivity index (χ1n) is 3.92. The summed E-state index contributed by atoms with van der Waals surface area (Å²) in [6.45, 7) is 12.0. The monoisotopic (exact) mass is 151 g/mol. The minimum atomic E-state index is 0.496. The normalized spacial score (nSPS) is 10.6. The number of allylic oxidation sites excluding steroid dienone is 3. The van der Waals surface area contributed by atoms with Crippen LogP contribution in [0.4, 0.5) is 0 Å². The van der Waals surface area contributed by atoms with E-state index in [2.05, 4.69) is 39.3 Å². The van der Waals surface area contributed by atoms with Crippen LogP contribution in [0.25, 0.3) is 0 Å². The Labute approximate surface area is 69.5 Å². The van der Waals surface area contributed by atoms with Crippen molar-refractivity contribution in [3.63, 3.8) is 0 Å². The largest absolute Gasteiger partial charge is 0.261 e. The lowest BCUT2D eigenvalue weighted by Gasteiger charge is -2.06. The average molecular weight is 151 g/mol. The molecule has 0 bridgehead atoms. The molecule has 1 heteroatoms. The fraction of sp³-hybridized carbons (Fsp3) is 0.500. The van der Waals surface area contributed by atoms with Gasteiger partial charge in [0.25, 0.3) is 0 Å². The van der Waals surface area contributed by atoms with Crippen LogP contribution in [0.1, 0.15) is 27.7 Å². The number of hydrogen-bond acceptors (Lipinski definition) is 1. The van der Waals surface area contributed by atoms with Crippen molar-refractivity contribution < 1.29 is 0 Å². The van der Waals surface area contributed by atoms with Gasteiger partial charge in [-0.15, -0.1) is 0 Å². The highest BCUT2D eigenvalue weighted by Gasteiger charge is 2.00. The summed E-state index contributed by atoms with van der Waals surface area (Å²) in [6, 6.07) is 0. The molecule has 0 aliphatic carbocycles. The van der Waals surface area contributed by atoms with Crippen molar-refractivity contribution in [1.29, 1.82) is 0 Å². The van der Waals surface area contributed by atoms with E-state index in [0.29, 0.717) is 5.92 Å². The molecule has 0 spiro atoms. The van der Waals surface area contributed by atoms with Gasteiger partial charge >= 0.3 is 0 Å². The Bertz CT molecular complexity index is 181. The summed E-state index contributed by atoms with van der Waals surface area (Å²) in [5.74, 6) is 0.496. The smallest absolute Gasteiger partial charge is 0.0415 e. The van der Waals surface area contributed by atoms with Crippen LogP contribution in [0.5, 0.6) is 0 Å². The lowest BCUT2D eigenvalue weighted by Crippen LogP contribution is -1.93. The molecule has 0 rings (SSSR count). The van der Waals surface area contributed by atoms with E-state index in [1.807, 2.05) is 0 Å². The third kappa shape index (κ3) is 3.76. The van der Waals surface area contributed by atoms with Gasteiger partial charge in [0.05, 0.1) is 0 Å². The lowest BCUT2D eigenvalue weighted by atomic mass is 10.1. The third-order valence-electron chi connectivity index (χ3n) is 1.38. The highest BCUT2D eigenvalue weighted by atomic mass is 14.7. The Morgan fingerprint density at radius 3 is 2.18 bits per heavy atom. The Morgan fingerprint density at radius 1 is 1.36 bits per heavy atom. The summed E-state index contributed by atoms with van der Waals surface area (Å²) < 4.78 is 0. The van der Waals surface area contributed by atoms with Crippen LogP contribution < -0.4 is 0 Å². The van der Waals surface area contributed by atoms with E-state index in [0.717, 1.165) is 5.70 Å². The van der Waals surface area contributed by atoms with Crippen molar-refractivity contribution in [1.82, 2.24) is 0 Å². The molecule has 0 radical (unpaired) electrons. The van der Waals surface area contributed by atoms with Gasteiger partial charge in [-0.1, -0.05) is 32.1 Å². The molecule has 0 saturated carbocycles. The fourth-order valence-corrected chi connectivity index (χ4v) is 0.989. The second kappa shape index (κ2) is 4.89. The fourth-order valence-electron chi connectivity index (χ4n) is 0.989. The molecular formula is C10H17N. The van der Waals surface area contributed by atoms with Gasteiger partial charge in [0.15, 0.2) is 0 Å². The van der Waals surface area contributed by atoms with Crippen LogP contribution in [-0.2, 0) is 0 Å². The zero-order chi connectivity index (χ0) is 8.85. The van der Waals surface area contributed by atoms with Crippen molar-refractivity contribution in [2.45, 2.75) is 27.7 Å². The van der Waals surface area contributed by atoms with Crippen LogP contribution in [0.15, 0.2) is 28.9 Å². The average Bonchev–Trinajstić information content (AvgIpc) is 1.87. The van der Waals surface area contributed by atoms with E-state index in [1.165, 1.54) is 5.57 Å². The molecule has 0 fully saturated rings. The maximum atomic E-state index is 4.28. The quantitative estimate of drug-likeness (QED) is 0.549. The van der Waals surface area contributed by atoms with Gasteiger partial charge < -0.3 is 0 Å². The van der Waals surface area contributed by atoms with Crippen LogP contribution in [-0.4, -0.2) is 6.21 Å². The molecule has 0 unspecified atom stereocenters. The van der Waals surface area contributed by atoms with Gasteiger partial charge in [0.1, 0.15) is 0 Å². The van der Waals surface area contributed by atoms with Gasteiger partial charge in [-0.2, -0.15) is 0 Å². The van der Waals surface area contributed by atoms with E-state index in [4.69, 9.17) is 0 Å². The van der Waals surface area contributed by atoms with Crippen LogP contribution in [0.2, 0.25) is 0 Å². The van der Waals surface area contributed by atoms with E-state index < -0.39 is 0 Å². The van der Waals surface area contributed by atoms with E-state index in [1.54, 1.807) is 12.3 Å². The van der Waals surface area contributed by atoms with Crippen LogP contribution in [0.3, 0.4) is 0 Å². The Hall–Kier alpha value is -0.850. The molecule has 0 saturated heterocycles. The van der Waals surface area contributed by atoms with Gasteiger partial charge in [-0.05, 0) is 19.8 Å². The summed E-state index contributed by atoms with van der Waals surface area (Å²) in [5.41, 5.74) is 2.43. The molecule has 0 heterocycles. The predicted molar refractivity (Wildman–Crippen MR) is 51.9 cm³/mol. The first kappa shape index (κ1) is 10.2. The van der Waals surface area contributed by atoms with Gasteiger partial charge in [0, 0.05) is 11.9 Å². The van der Waals surface area contributed by atoms with Crippen molar-refractivity contribution >= 4 is 6.21 Å².